The fourth-order valence-corrected chi connectivity index (χ4v) is 4.06. The molecule has 0 aliphatic rings. The molecule has 7 heteroatoms. The predicted molar refractivity (Wildman–Crippen MR) is 139 cm³/mol. The molecular formula is C28H29Cl2FN2O2. The van der Waals surface area contributed by atoms with E-state index in [-0.39, 0.29) is 36.4 Å². The minimum absolute atomic E-state index is 0.0609. The molecule has 3 rings (SSSR count). The Morgan fingerprint density at radius 1 is 0.943 bits per heavy atom. The first kappa shape index (κ1) is 26.7. The van der Waals surface area contributed by atoms with E-state index < -0.39 is 11.9 Å². The molecule has 0 aliphatic heterocycles. The second-order valence-corrected chi connectivity index (χ2v) is 9.38. The molecule has 2 amide bonds. The van der Waals surface area contributed by atoms with E-state index in [9.17, 15) is 14.0 Å². The van der Waals surface area contributed by atoms with Gasteiger partial charge in [-0.25, -0.2) is 4.39 Å². The Kier molecular flexibility index (Phi) is 9.70. The second-order valence-electron chi connectivity index (χ2n) is 8.56. The van der Waals surface area contributed by atoms with Crippen LogP contribution in [0.1, 0.15) is 37.0 Å². The van der Waals surface area contributed by atoms with Crippen molar-refractivity contribution in [1.29, 1.82) is 0 Å². The van der Waals surface area contributed by atoms with Crippen molar-refractivity contribution in [3.8, 4) is 0 Å². The zero-order valence-electron chi connectivity index (χ0n) is 19.8. The summed E-state index contributed by atoms with van der Waals surface area (Å²) in [7, 11) is 0. The monoisotopic (exact) mass is 514 g/mol. The molecule has 4 nitrogen and oxygen atoms in total. The molecule has 0 unspecified atom stereocenters. The summed E-state index contributed by atoms with van der Waals surface area (Å²) in [5, 5.41) is 3.77. The molecule has 184 valence electrons. The summed E-state index contributed by atoms with van der Waals surface area (Å²) in [4.78, 5) is 28.6. The van der Waals surface area contributed by atoms with Crippen molar-refractivity contribution in [3.63, 3.8) is 0 Å². The number of hydrogen-bond acceptors (Lipinski definition) is 2. The number of benzene rings is 3. The van der Waals surface area contributed by atoms with Crippen LogP contribution in [0.25, 0.3) is 0 Å². The molecule has 1 N–H and O–H groups in total. The van der Waals surface area contributed by atoms with Crippen molar-refractivity contribution in [1.82, 2.24) is 10.2 Å². The number of carbonyl (C=O) groups is 2. The summed E-state index contributed by atoms with van der Waals surface area (Å²) < 4.78 is 14.4. The first-order valence-electron chi connectivity index (χ1n) is 11.6. The number of hydrogen-bond donors (Lipinski definition) is 1. The van der Waals surface area contributed by atoms with Gasteiger partial charge in [-0.15, -0.1) is 0 Å². The Hall–Kier alpha value is -2.89. The predicted octanol–water partition coefficient (Wildman–Crippen LogP) is 6.23. The van der Waals surface area contributed by atoms with Crippen LogP contribution in [0.4, 0.5) is 4.39 Å². The molecule has 0 aromatic heterocycles. The van der Waals surface area contributed by atoms with Gasteiger partial charge in [0.15, 0.2) is 0 Å². The largest absolute Gasteiger partial charge is 0.352 e. The average Bonchev–Trinajstić information content (AvgIpc) is 2.85. The van der Waals surface area contributed by atoms with Gasteiger partial charge in [-0.2, -0.15) is 0 Å². The van der Waals surface area contributed by atoms with Gasteiger partial charge in [0, 0.05) is 19.0 Å². The minimum atomic E-state index is -0.805. The van der Waals surface area contributed by atoms with Crippen LogP contribution in [0, 0.1) is 5.82 Å². The molecule has 2 atom stereocenters. The summed E-state index contributed by atoms with van der Waals surface area (Å²) in [6.07, 6.45) is 0.892. The fourth-order valence-electron chi connectivity index (χ4n) is 3.74. The Morgan fingerprint density at radius 3 is 2.29 bits per heavy atom. The zero-order valence-corrected chi connectivity index (χ0v) is 21.3. The molecule has 0 bridgehead atoms. The van der Waals surface area contributed by atoms with E-state index in [1.165, 1.54) is 11.0 Å². The van der Waals surface area contributed by atoms with Gasteiger partial charge in [-0.3, -0.25) is 9.59 Å². The van der Waals surface area contributed by atoms with Crippen molar-refractivity contribution < 1.29 is 14.0 Å². The van der Waals surface area contributed by atoms with Crippen LogP contribution in [-0.2, 0) is 29.0 Å². The first-order chi connectivity index (χ1) is 16.8. The SMILES string of the molecule is CC[C@@H](C)NC(=O)[C@H](Cc1ccccc1)N(Cc1ccc(Cl)c(Cl)c1)C(=O)Cc1ccccc1F. The highest BCUT2D eigenvalue weighted by molar-refractivity contribution is 6.42. The lowest BCUT2D eigenvalue weighted by Crippen LogP contribution is -2.52. The van der Waals surface area contributed by atoms with Gasteiger partial charge in [-0.05, 0) is 48.2 Å². The van der Waals surface area contributed by atoms with Crippen molar-refractivity contribution in [2.75, 3.05) is 0 Å². The standard InChI is InChI=1S/C28H29Cl2FN2O2/c1-3-19(2)32-28(35)26(16-20-9-5-4-6-10-20)33(18-21-13-14-23(29)24(30)15-21)27(34)17-22-11-7-8-12-25(22)31/h4-15,19,26H,3,16-18H2,1-2H3,(H,32,35)/t19-,26+/m1/s1. The number of amides is 2. The lowest BCUT2D eigenvalue weighted by molar-refractivity contribution is -0.141. The van der Waals surface area contributed by atoms with Crippen molar-refractivity contribution >= 4 is 35.0 Å². The van der Waals surface area contributed by atoms with Crippen LogP contribution in [-0.4, -0.2) is 28.8 Å². The van der Waals surface area contributed by atoms with Gasteiger partial charge in [0.1, 0.15) is 11.9 Å². The molecular weight excluding hydrogens is 486 g/mol. The van der Waals surface area contributed by atoms with Crippen LogP contribution in [0.5, 0.6) is 0 Å². The maximum Gasteiger partial charge on any atom is 0.243 e. The van der Waals surface area contributed by atoms with Gasteiger partial charge in [0.05, 0.1) is 16.5 Å². The first-order valence-corrected chi connectivity index (χ1v) is 12.3. The highest BCUT2D eigenvalue weighted by atomic mass is 35.5. The molecule has 0 saturated carbocycles. The summed E-state index contributed by atoms with van der Waals surface area (Å²) in [6, 6.07) is 19.9. The Labute approximate surface area is 216 Å². The smallest absolute Gasteiger partial charge is 0.243 e. The van der Waals surface area contributed by atoms with Gasteiger partial charge in [0.2, 0.25) is 11.8 Å². The molecule has 0 spiro atoms. The van der Waals surface area contributed by atoms with Gasteiger partial charge in [-0.1, -0.05) is 84.7 Å². The van der Waals surface area contributed by atoms with Gasteiger partial charge in [0.25, 0.3) is 0 Å². The van der Waals surface area contributed by atoms with Crippen LogP contribution in [0.2, 0.25) is 10.0 Å². The molecule has 0 heterocycles. The van der Waals surface area contributed by atoms with E-state index in [1.807, 2.05) is 44.2 Å². The molecule has 35 heavy (non-hydrogen) atoms. The van der Waals surface area contributed by atoms with E-state index in [0.29, 0.717) is 16.5 Å². The normalized spacial score (nSPS) is 12.6. The summed E-state index contributed by atoms with van der Waals surface area (Å²) in [5.74, 6) is -1.08. The highest BCUT2D eigenvalue weighted by Gasteiger charge is 2.31. The third-order valence-electron chi connectivity index (χ3n) is 5.91. The van der Waals surface area contributed by atoms with E-state index in [4.69, 9.17) is 23.2 Å². The van der Waals surface area contributed by atoms with Crippen molar-refractivity contribution in [3.05, 3.63) is 105 Å². The van der Waals surface area contributed by atoms with Crippen molar-refractivity contribution in [2.24, 2.45) is 0 Å². The van der Waals surface area contributed by atoms with Crippen molar-refractivity contribution in [2.45, 2.75) is 51.7 Å². The number of halogens is 3. The third kappa shape index (κ3) is 7.55. The molecule has 0 fully saturated rings. The fraction of sp³-hybridized carbons (Fsp3) is 0.286. The van der Waals surface area contributed by atoms with Crippen LogP contribution in [0.15, 0.2) is 72.8 Å². The van der Waals surface area contributed by atoms with Crippen LogP contribution < -0.4 is 5.32 Å². The van der Waals surface area contributed by atoms with Crippen LogP contribution >= 0.6 is 23.2 Å². The van der Waals surface area contributed by atoms with Gasteiger partial charge >= 0.3 is 0 Å². The summed E-state index contributed by atoms with van der Waals surface area (Å²) in [5.41, 5.74) is 1.91. The number of nitrogens with zero attached hydrogens (tertiary/aromatic N) is 1. The van der Waals surface area contributed by atoms with E-state index in [2.05, 4.69) is 5.32 Å². The van der Waals surface area contributed by atoms with E-state index in [0.717, 1.165) is 17.5 Å². The quantitative estimate of drug-likeness (QED) is 0.348. The molecule has 3 aromatic carbocycles. The number of nitrogens with one attached hydrogen (secondary N) is 1. The maximum absolute atomic E-state index is 14.4. The topological polar surface area (TPSA) is 49.4 Å². The van der Waals surface area contributed by atoms with E-state index >= 15 is 0 Å². The lowest BCUT2D eigenvalue weighted by Gasteiger charge is -2.32. The zero-order chi connectivity index (χ0) is 25.4. The second kappa shape index (κ2) is 12.7. The number of carbonyl (C=O) groups excluding carboxylic acids is 2. The Balaban J connectivity index is 2.00. The highest BCUT2D eigenvalue weighted by Crippen LogP contribution is 2.25. The Morgan fingerprint density at radius 2 is 1.63 bits per heavy atom. The van der Waals surface area contributed by atoms with Gasteiger partial charge < -0.3 is 10.2 Å². The minimum Gasteiger partial charge on any atom is -0.352 e. The molecule has 3 aromatic rings. The maximum atomic E-state index is 14.4. The molecule has 0 aliphatic carbocycles. The van der Waals surface area contributed by atoms with E-state index in [1.54, 1.807) is 36.4 Å². The summed E-state index contributed by atoms with van der Waals surface area (Å²) in [6.45, 7) is 4.02. The third-order valence-corrected chi connectivity index (χ3v) is 6.65. The Bertz CT molecular complexity index is 1160. The molecule has 0 saturated heterocycles. The van der Waals surface area contributed by atoms with Crippen LogP contribution in [0.3, 0.4) is 0 Å². The molecule has 0 radical (unpaired) electrons. The number of rotatable bonds is 10. The summed E-state index contributed by atoms with van der Waals surface area (Å²) >= 11 is 12.3. The average molecular weight is 515 g/mol. The lowest BCUT2D eigenvalue weighted by atomic mass is 10.0.